The van der Waals surface area contributed by atoms with E-state index in [0.717, 1.165) is 6.07 Å². The highest BCUT2D eigenvalue weighted by Crippen LogP contribution is 2.31. The average Bonchev–Trinajstić information content (AvgIpc) is 2.06. The number of rotatable bonds is 2. The third kappa shape index (κ3) is 2.05. The van der Waals surface area contributed by atoms with E-state index in [-0.39, 0.29) is 5.69 Å². The number of primary sulfonamides is 1. The molecule has 0 heterocycles. The Morgan fingerprint density at radius 3 is 2.33 bits per heavy atom. The van der Waals surface area contributed by atoms with Crippen molar-refractivity contribution in [2.24, 2.45) is 5.14 Å². The number of nitro groups is 1. The highest BCUT2D eigenvalue weighted by molar-refractivity contribution is 7.89. The first-order valence-electron chi connectivity index (χ1n) is 3.81. The molecule has 7 nitrogen and oxygen atoms in total. The SMILES string of the molecule is Cc1ccc(S(N)(=O)=O)c([N+](=O)[O-])c1N. The molecule has 0 saturated carbocycles. The molecule has 0 bridgehead atoms. The van der Waals surface area contributed by atoms with E-state index < -0.39 is 25.5 Å². The number of hydrogen-bond donors (Lipinski definition) is 2. The number of anilines is 1. The lowest BCUT2D eigenvalue weighted by Crippen LogP contribution is -2.15. The second kappa shape index (κ2) is 3.48. The van der Waals surface area contributed by atoms with Crippen molar-refractivity contribution in [1.29, 1.82) is 0 Å². The van der Waals surface area contributed by atoms with E-state index in [1.807, 2.05) is 0 Å². The van der Waals surface area contributed by atoms with Gasteiger partial charge in [0.2, 0.25) is 10.0 Å². The van der Waals surface area contributed by atoms with Crippen LogP contribution in [0.5, 0.6) is 0 Å². The van der Waals surface area contributed by atoms with Gasteiger partial charge in [-0.1, -0.05) is 6.07 Å². The van der Waals surface area contributed by atoms with Crippen molar-refractivity contribution >= 4 is 21.4 Å². The van der Waals surface area contributed by atoms with Crippen LogP contribution in [0.25, 0.3) is 0 Å². The van der Waals surface area contributed by atoms with Crippen molar-refractivity contribution < 1.29 is 13.3 Å². The lowest BCUT2D eigenvalue weighted by Gasteiger charge is -2.05. The Morgan fingerprint density at radius 1 is 1.40 bits per heavy atom. The number of benzene rings is 1. The van der Waals surface area contributed by atoms with E-state index in [9.17, 15) is 18.5 Å². The lowest BCUT2D eigenvalue weighted by molar-refractivity contribution is -0.386. The van der Waals surface area contributed by atoms with Crippen molar-refractivity contribution in [3.05, 3.63) is 27.8 Å². The van der Waals surface area contributed by atoms with E-state index in [1.165, 1.54) is 13.0 Å². The van der Waals surface area contributed by atoms with Gasteiger partial charge in [-0.2, -0.15) is 0 Å². The number of aryl methyl sites for hydroxylation is 1. The fourth-order valence-electron chi connectivity index (χ4n) is 1.11. The minimum atomic E-state index is -4.14. The summed E-state index contributed by atoms with van der Waals surface area (Å²) in [7, 11) is -4.14. The van der Waals surface area contributed by atoms with Crippen molar-refractivity contribution in [1.82, 2.24) is 0 Å². The molecule has 0 aromatic heterocycles. The third-order valence-corrected chi connectivity index (χ3v) is 2.83. The fourth-order valence-corrected chi connectivity index (χ4v) is 1.82. The van der Waals surface area contributed by atoms with Gasteiger partial charge in [-0.15, -0.1) is 0 Å². The lowest BCUT2D eigenvalue weighted by atomic mass is 10.2. The highest BCUT2D eigenvalue weighted by atomic mass is 32.2. The molecule has 0 amide bonds. The summed E-state index contributed by atoms with van der Waals surface area (Å²) < 4.78 is 22.1. The number of nitrogen functional groups attached to an aromatic ring is 1. The summed E-state index contributed by atoms with van der Waals surface area (Å²) in [6, 6.07) is 2.43. The molecule has 82 valence electrons. The predicted octanol–water partition coefficient (Wildman–Crippen LogP) is 0.133. The van der Waals surface area contributed by atoms with Crippen LogP contribution in [0.2, 0.25) is 0 Å². The van der Waals surface area contributed by atoms with Crippen LogP contribution in [0.15, 0.2) is 17.0 Å². The van der Waals surface area contributed by atoms with E-state index in [2.05, 4.69) is 0 Å². The molecule has 1 rings (SSSR count). The summed E-state index contributed by atoms with van der Waals surface area (Å²) in [5.41, 5.74) is 4.99. The largest absolute Gasteiger partial charge is 0.393 e. The van der Waals surface area contributed by atoms with Gasteiger partial charge in [-0.05, 0) is 18.6 Å². The Balaban J connectivity index is 3.70. The molecule has 0 saturated heterocycles. The Morgan fingerprint density at radius 2 is 1.93 bits per heavy atom. The van der Waals surface area contributed by atoms with E-state index in [4.69, 9.17) is 10.9 Å². The number of nitrogens with zero attached hydrogens (tertiary/aromatic N) is 1. The average molecular weight is 231 g/mol. The summed E-state index contributed by atoms with van der Waals surface area (Å²) in [6.07, 6.45) is 0. The first-order valence-corrected chi connectivity index (χ1v) is 5.36. The monoisotopic (exact) mass is 231 g/mol. The molecule has 0 aliphatic rings. The van der Waals surface area contributed by atoms with Gasteiger partial charge in [-0.3, -0.25) is 10.1 Å². The second-order valence-electron chi connectivity index (χ2n) is 2.94. The van der Waals surface area contributed by atoms with Gasteiger partial charge >= 0.3 is 5.69 Å². The zero-order valence-electron chi connectivity index (χ0n) is 7.80. The molecule has 0 aliphatic carbocycles. The highest BCUT2D eigenvalue weighted by Gasteiger charge is 2.26. The molecule has 1 aromatic rings. The van der Waals surface area contributed by atoms with Crippen LogP contribution in [-0.4, -0.2) is 13.3 Å². The van der Waals surface area contributed by atoms with Gasteiger partial charge in [0, 0.05) is 0 Å². The standard InChI is InChI=1S/C7H9N3O4S/c1-4-2-3-5(15(9,13)14)7(6(4)8)10(11)12/h2-3H,8H2,1H3,(H2,9,13,14). The van der Waals surface area contributed by atoms with Crippen LogP contribution in [0.3, 0.4) is 0 Å². The van der Waals surface area contributed by atoms with E-state index >= 15 is 0 Å². The summed E-state index contributed by atoms with van der Waals surface area (Å²) in [5.74, 6) is 0. The van der Waals surface area contributed by atoms with Crippen LogP contribution in [0.4, 0.5) is 11.4 Å². The van der Waals surface area contributed by atoms with Gasteiger partial charge in [0.25, 0.3) is 0 Å². The van der Waals surface area contributed by atoms with Gasteiger partial charge in [0.1, 0.15) is 5.69 Å². The van der Waals surface area contributed by atoms with Crippen molar-refractivity contribution in [2.75, 3.05) is 5.73 Å². The molecule has 0 fully saturated rings. The van der Waals surface area contributed by atoms with Gasteiger partial charge < -0.3 is 5.73 Å². The van der Waals surface area contributed by atoms with Crippen LogP contribution in [0.1, 0.15) is 5.56 Å². The maximum atomic E-state index is 11.0. The van der Waals surface area contributed by atoms with E-state index in [1.54, 1.807) is 0 Å². The van der Waals surface area contributed by atoms with Crippen molar-refractivity contribution in [3.63, 3.8) is 0 Å². The van der Waals surface area contributed by atoms with Crippen LogP contribution < -0.4 is 10.9 Å². The van der Waals surface area contributed by atoms with Crippen LogP contribution in [-0.2, 0) is 10.0 Å². The minimum Gasteiger partial charge on any atom is -0.393 e. The Kier molecular flexibility index (Phi) is 2.65. The Hall–Kier alpha value is -1.67. The summed E-state index contributed by atoms with van der Waals surface area (Å²) in [5, 5.41) is 15.5. The number of sulfonamides is 1. The zero-order chi connectivity index (χ0) is 11.8. The molecule has 0 aliphatic heterocycles. The first kappa shape index (κ1) is 11.4. The first-order chi connectivity index (χ1) is 6.75. The third-order valence-electron chi connectivity index (χ3n) is 1.89. The summed E-state index contributed by atoms with van der Waals surface area (Å²) in [6.45, 7) is 1.54. The van der Waals surface area contributed by atoms with Gasteiger partial charge in [-0.25, -0.2) is 13.6 Å². The molecule has 8 heteroatoms. The second-order valence-corrected chi connectivity index (χ2v) is 4.47. The smallest absolute Gasteiger partial charge is 0.312 e. The van der Waals surface area contributed by atoms with Crippen molar-refractivity contribution in [2.45, 2.75) is 11.8 Å². The molecular formula is C7H9N3O4S. The molecule has 0 spiro atoms. The predicted molar refractivity (Wildman–Crippen MR) is 53.6 cm³/mol. The quantitative estimate of drug-likeness (QED) is 0.424. The van der Waals surface area contributed by atoms with Crippen LogP contribution in [0, 0.1) is 17.0 Å². The number of hydrogen-bond acceptors (Lipinski definition) is 5. The maximum absolute atomic E-state index is 11.0. The number of nitrogens with two attached hydrogens (primary N) is 2. The molecule has 4 N–H and O–H groups in total. The molecule has 0 atom stereocenters. The van der Waals surface area contributed by atoms with E-state index in [0.29, 0.717) is 5.56 Å². The Bertz CT molecular complexity index is 523. The van der Waals surface area contributed by atoms with Crippen LogP contribution >= 0.6 is 0 Å². The number of nitro benzene ring substituents is 1. The maximum Gasteiger partial charge on any atom is 0.312 e. The normalized spacial score (nSPS) is 11.3. The molecular weight excluding hydrogens is 222 g/mol. The zero-order valence-corrected chi connectivity index (χ0v) is 8.61. The van der Waals surface area contributed by atoms with Gasteiger partial charge in [0.05, 0.1) is 4.92 Å². The molecule has 0 radical (unpaired) electrons. The Labute approximate surface area is 85.9 Å². The minimum absolute atomic E-state index is 0.188. The van der Waals surface area contributed by atoms with Gasteiger partial charge in [0.15, 0.2) is 4.90 Å². The molecule has 0 unspecified atom stereocenters. The topological polar surface area (TPSA) is 129 Å². The molecule has 15 heavy (non-hydrogen) atoms. The molecule has 1 aromatic carbocycles. The summed E-state index contributed by atoms with van der Waals surface area (Å²) >= 11 is 0. The van der Waals surface area contributed by atoms with Crippen molar-refractivity contribution in [3.8, 4) is 0 Å². The fraction of sp³-hybridized carbons (Fsp3) is 0.143. The summed E-state index contributed by atoms with van der Waals surface area (Å²) in [4.78, 5) is 9.21.